The zero-order valence-corrected chi connectivity index (χ0v) is 12.7. The Balaban J connectivity index is 2.02. The van der Waals surface area contributed by atoms with Crippen LogP contribution >= 0.6 is 11.6 Å². The van der Waals surface area contributed by atoms with Gasteiger partial charge in [-0.25, -0.2) is 14.0 Å². The molecule has 24 heavy (non-hydrogen) atoms. The first-order chi connectivity index (χ1) is 11.3. The Morgan fingerprint density at radius 1 is 1.00 bits per heavy atom. The van der Waals surface area contributed by atoms with Crippen molar-refractivity contribution in [3.8, 4) is 0 Å². The molecule has 0 aliphatic carbocycles. The van der Waals surface area contributed by atoms with Crippen LogP contribution in [0, 0.1) is 5.82 Å². The van der Waals surface area contributed by atoms with Crippen molar-refractivity contribution in [2.24, 2.45) is 0 Å². The second-order valence-corrected chi connectivity index (χ2v) is 4.98. The average molecular weight is 352 g/mol. The first kappa shape index (κ1) is 17.2. The maximum absolute atomic E-state index is 13.6. The standard InChI is InChI=1S/C15H11ClFN3O4/c16-8-4-5-11(12(17)6-8)13(21)20-14(22)18-9-2-1-3-10(7-9)19-15(23)24/h1-7,19H,(H,23,24)(H2,18,20,21,22). The molecule has 4 N–H and O–H groups in total. The number of nitrogens with one attached hydrogen (secondary N) is 3. The summed E-state index contributed by atoms with van der Waals surface area (Å²) in [7, 11) is 0. The van der Waals surface area contributed by atoms with Gasteiger partial charge in [0.05, 0.1) is 5.56 Å². The number of urea groups is 1. The van der Waals surface area contributed by atoms with Crippen molar-refractivity contribution in [3.63, 3.8) is 0 Å². The van der Waals surface area contributed by atoms with Gasteiger partial charge in [-0.2, -0.15) is 0 Å². The van der Waals surface area contributed by atoms with Gasteiger partial charge in [0.2, 0.25) is 0 Å². The highest BCUT2D eigenvalue weighted by molar-refractivity contribution is 6.30. The molecule has 2 rings (SSSR count). The lowest BCUT2D eigenvalue weighted by Gasteiger charge is -2.09. The maximum atomic E-state index is 13.6. The molecule has 0 aromatic heterocycles. The third-order valence-electron chi connectivity index (χ3n) is 2.77. The zero-order chi connectivity index (χ0) is 17.7. The van der Waals surface area contributed by atoms with E-state index in [0.29, 0.717) is 0 Å². The SMILES string of the molecule is O=C(O)Nc1cccc(NC(=O)NC(=O)c2ccc(Cl)cc2F)c1. The van der Waals surface area contributed by atoms with Gasteiger partial charge in [0, 0.05) is 16.4 Å². The van der Waals surface area contributed by atoms with Crippen molar-refractivity contribution in [3.05, 3.63) is 58.9 Å². The largest absolute Gasteiger partial charge is 0.465 e. The summed E-state index contributed by atoms with van der Waals surface area (Å²) in [5, 5.41) is 15.2. The van der Waals surface area contributed by atoms with E-state index in [9.17, 15) is 18.8 Å². The van der Waals surface area contributed by atoms with Gasteiger partial charge in [-0.15, -0.1) is 0 Å². The van der Waals surface area contributed by atoms with Gasteiger partial charge >= 0.3 is 12.1 Å². The van der Waals surface area contributed by atoms with Gasteiger partial charge in [0.1, 0.15) is 5.82 Å². The van der Waals surface area contributed by atoms with Crippen molar-refractivity contribution < 1.29 is 23.9 Å². The lowest BCUT2D eigenvalue weighted by atomic mass is 10.2. The molecule has 0 unspecified atom stereocenters. The molecule has 124 valence electrons. The van der Waals surface area contributed by atoms with Crippen molar-refractivity contribution >= 4 is 41.0 Å². The van der Waals surface area contributed by atoms with Crippen LogP contribution in [-0.2, 0) is 0 Å². The highest BCUT2D eigenvalue weighted by atomic mass is 35.5. The summed E-state index contributed by atoms with van der Waals surface area (Å²) in [6.07, 6.45) is -1.26. The van der Waals surface area contributed by atoms with E-state index in [0.717, 1.165) is 12.1 Å². The lowest BCUT2D eigenvalue weighted by molar-refractivity contribution is 0.0963. The third-order valence-corrected chi connectivity index (χ3v) is 3.01. The number of rotatable bonds is 3. The first-order valence-electron chi connectivity index (χ1n) is 6.52. The van der Waals surface area contributed by atoms with Crippen LogP contribution in [-0.4, -0.2) is 23.1 Å². The Kier molecular flexibility index (Phi) is 5.33. The molecule has 0 heterocycles. The normalized spacial score (nSPS) is 9.92. The first-order valence-corrected chi connectivity index (χ1v) is 6.90. The fourth-order valence-electron chi connectivity index (χ4n) is 1.80. The Bertz CT molecular complexity index is 813. The van der Waals surface area contributed by atoms with Crippen molar-refractivity contribution in [1.29, 1.82) is 0 Å². The Morgan fingerprint density at radius 2 is 1.67 bits per heavy atom. The molecule has 0 atom stereocenters. The fraction of sp³-hybridized carbons (Fsp3) is 0. The summed E-state index contributed by atoms with van der Waals surface area (Å²) in [5.74, 6) is -1.80. The van der Waals surface area contributed by atoms with Gasteiger partial charge in [-0.05, 0) is 36.4 Å². The zero-order valence-electron chi connectivity index (χ0n) is 12.0. The maximum Gasteiger partial charge on any atom is 0.409 e. The number of halogens is 2. The smallest absolute Gasteiger partial charge is 0.409 e. The van der Waals surface area contributed by atoms with Gasteiger partial charge in [-0.3, -0.25) is 15.4 Å². The molecule has 2 aromatic carbocycles. The summed E-state index contributed by atoms with van der Waals surface area (Å²) in [6.45, 7) is 0. The van der Waals surface area contributed by atoms with E-state index in [2.05, 4.69) is 10.6 Å². The fourth-order valence-corrected chi connectivity index (χ4v) is 1.96. The highest BCUT2D eigenvalue weighted by Crippen LogP contribution is 2.16. The van der Waals surface area contributed by atoms with Gasteiger partial charge in [0.15, 0.2) is 0 Å². The summed E-state index contributed by atoms with van der Waals surface area (Å²) < 4.78 is 13.6. The summed E-state index contributed by atoms with van der Waals surface area (Å²) in [6, 6.07) is 8.33. The van der Waals surface area contributed by atoms with Crippen LogP contribution in [0.3, 0.4) is 0 Å². The summed E-state index contributed by atoms with van der Waals surface area (Å²) in [4.78, 5) is 34.2. The number of anilines is 2. The van der Waals surface area contributed by atoms with E-state index in [1.165, 1.54) is 30.3 Å². The van der Waals surface area contributed by atoms with Crippen LogP contribution in [0.25, 0.3) is 0 Å². The predicted octanol–water partition coefficient (Wildman–Crippen LogP) is 3.53. The third kappa shape index (κ3) is 4.68. The van der Waals surface area contributed by atoms with Crippen LogP contribution in [0.15, 0.2) is 42.5 Å². The van der Waals surface area contributed by atoms with Crippen LogP contribution in [0.1, 0.15) is 10.4 Å². The van der Waals surface area contributed by atoms with Crippen LogP contribution in [0.2, 0.25) is 5.02 Å². The van der Waals surface area contributed by atoms with Crippen molar-refractivity contribution in [2.45, 2.75) is 0 Å². The van der Waals surface area contributed by atoms with E-state index < -0.39 is 23.8 Å². The number of benzene rings is 2. The van der Waals surface area contributed by atoms with Crippen LogP contribution < -0.4 is 16.0 Å². The number of hydrogen-bond acceptors (Lipinski definition) is 3. The second kappa shape index (κ2) is 7.42. The molecule has 0 saturated carbocycles. The van der Waals surface area contributed by atoms with Gasteiger partial charge < -0.3 is 10.4 Å². The monoisotopic (exact) mass is 351 g/mol. The number of carboxylic acid groups (broad SMARTS) is 1. The summed E-state index contributed by atoms with van der Waals surface area (Å²) >= 11 is 5.59. The summed E-state index contributed by atoms with van der Waals surface area (Å²) in [5.41, 5.74) is 0.134. The molecule has 0 aliphatic heterocycles. The number of carbonyl (C=O) groups is 3. The molecular weight excluding hydrogens is 341 g/mol. The topological polar surface area (TPSA) is 108 Å². The number of amides is 4. The number of hydrogen-bond donors (Lipinski definition) is 4. The van der Waals surface area contributed by atoms with E-state index in [-0.39, 0.29) is 22.0 Å². The second-order valence-electron chi connectivity index (χ2n) is 4.54. The molecule has 0 aliphatic rings. The molecule has 9 heteroatoms. The minimum Gasteiger partial charge on any atom is -0.465 e. The Morgan fingerprint density at radius 3 is 2.29 bits per heavy atom. The van der Waals surface area contributed by atoms with E-state index in [1.54, 1.807) is 0 Å². The minimum absolute atomic E-state index is 0.122. The molecule has 0 bridgehead atoms. The van der Waals surface area contributed by atoms with Crippen LogP contribution in [0.5, 0.6) is 0 Å². The predicted molar refractivity (Wildman–Crippen MR) is 86.0 cm³/mol. The quantitative estimate of drug-likeness (QED) is 0.678. The molecule has 0 radical (unpaired) electrons. The van der Waals surface area contributed by atoms with E-state index in [1.807, 2.05) is 5.32 Å². The molecule has 0 saturated heterocycles. The van der Waals surface area contributed by atoms with Gasteiger partial charge in [-0.1, -0.05) is 17.7 Å². The number of carbonyl (C=O) groups excluding carboxylic acids is 2. The molecule has 0 spiro atoms. The molecule has 7 nitrogen and oxygen atoms in total. The minimum atomic E-state index is -1.26. The Labute approximate surface area is 140 Å². The van der Waals surface area contributed by atoms with E-state index in [4.69, 9.17) is 16.7 Å². The molecule has 2 aromatic rings. The van der Waals surface area contributed by atoms with E-state index >= 15 is 0 Å². The van der Waals surface area contributed by atoms with Crippen molar-refractivity contribution in [1.82, 2.24) is 5.32 Å². The molecular formula is C15H11ClFN3O4. The number of imide groups is 1. The van der Waals surface area contributed by atoms with Crippen molar-refractivity contribution in [2.75, 3.05) is 10.6 Å². The van der Waals surface area contributed by atoms with Gasteiger partial charge in [0.25, 0.3) is 5.91 Å². The Hall–Kier alpha value is -3.13. The van der Waals surface area contributed by atoms with Crippen LogP contribution in [0.4, 0.5) is 25.4 Å². The average Bonchev–Trinajstić information content (AvgIpc) is 2.46. The molecule has 0 fully saturated rings. The molecule has 4 amide bonds. The highest BCUT2D eigenvalue weighted by Gasteiger charge is 2.15. The lowest BCUT2D eigenvalue weighted by Crippen LogP contribution is -2.34.